The van der Waals surface area contributed by atoms with Gasteiger partial charge in [-0.05, 0) is 20.4 Å². The Morgan fingerprint density at radius 3 is 2.38 bits per heavy atom. The van der Waals surface area contributed by atoms with E-state index in [0.29, 0.717) is 12.7 Å². The van der Waals surface area contributed by atoms with Gasteiger partial charge in [0.25, 0.3) is 0 Å². The first-order valence-electron chi connectivity index (χ1n) is 4.48. The third-order valence-electron chi connectivity index (χ3n) is 1.85. The third kappa shape index (κ3) is 4.87. The first-order valence-corrected chi connectivity index (χ1v) is 5.35. The van der Waals surface area contributed by atoms with Crippen LogP contribution in [-0.2, 0) is 0 Å². The normalized spacial score (nSPS) is 14.7. The van der Waals surface area contributed by atoms with Crippen LogP contribution in [0.4, 0.5) is 0 Å². The van der Waals surface area contributed by atoms with E-state index in [9.17, 15) is 0 Å². The molecule has 0 aliphatic carbocycles. The Morgan fingerprint density at radius 1 is 1.46 bits per heavy atom. The quantitative estimate of drug-likeness (QED) is 0.323. The molecule has 0 saturated heterocycles. The Kier molecular flexibility index (Phi) is 7.77. The smallest absolute Gasteiger partial charge is 0.162 e. The summed E-state index contributed by atoms with van der Waals surface area (Å²) in [6, 6.07) is 0.303. The summed E-state index contributed by atoms with van der Waals surface area (Å²) in [5, 5.41) is 3.05. The highest BCUT2D eigenvalue weighted by atomic mass is 35.5. The lowest BCUT2D eigenvalue weighted by atomic mass is 10.2. The Labute approximate surface area is 90.9 Å². The van der Waals surface area contributed by atoms with Gasteiger partial charge in [-0.15, -0.1) is 0 Å². The molecule has 0 spiro atoms. The first kappa shape index (κ1) is 13.2. The van der Waals surface area contributed by atoms with Crippen LogP contribution in [0.15, 0.2) is 12.2 Å². The Morgan fingerprint density at radius 2 is 2.08 bits per heavy atom. The fourth-order valence-corrected chi connectivity index (χ4v) is 1.64. The molecule has 0 saturated carbocycles. The van der Waals surface area contributed by atoms with Gasteiger partial charge in [0.1, 0.15) is 0 Å². The van der Waals surface area contributed by atoms with E-state index < -0.39 is 4.96 Å². The minimum atomic E-state index is -0.464. The van der Waals surface area contributed by atoms with Crippen molar-refractivity contribution in [3.63, 3.8) is 0 Å². The molecule has 0 radical (unpaired) electrons. The predicted octanol–water partition coefficient (Wildman–Crippen LogP) is 2.58. The predicted molar refractivity (Wildman–Crippen MR) is 60.2 cm³/mol. The Balaban J connectivity index is 4.29. The van der Waals surface area contributed by atoms with E-state index in [1.165, 1.54) is 0 Å². The zero-order valence-electron chi connectivity index (χ0n) is 8.43. The van der Waals surface area contributed by atoms with Gasteiger partial charge in [-0.3, -0.25) is 4.90 Å². The summed E-state index contributed by atoms with van der Waals surface area (Å²) >= 11 is 11.7. The number of hydrogen-bond acceptors (Lipinski definition) is 2. The molecular formula is C9H18Cl2N2. The highest BCUT2D eigenvalue weighted by molar-refractivity contribution is 6.43. The molecule has 0 heterocycles. The zero-order chi connectivity index (χ0) is 10.3. The molecule has 0 bridgehead atoms. The van der Waals surface area contributed by atoms with Crippen molar-refractivity contribution in [1.82, 2.24) is 10.2 Å². The number of rotatable bonds is 6. The molecule has 0 aliphatic heterocycles. The molecule has 1 atom stereocenters. The van der Waals surface area contributed by atoms with Gasteiger partial charge in [0, 0.05) is 6.04 Å². The van der Waals surface area contributed by atoms with Crippen molar-refractivity contribution in [3.05, 3.63) is 12.2 Å². The highest BCUT2D eigenvalue weighted by Gasteiger charge is 2.18. The van der Waals surface area contributed by atoms with Gasteiger partial charge < -0.3 is 5.32 Å². The summed E-state index contributed by atoms with van der Waals surface area (Å²) in [4.78, 5) is 1.52. The Bertz CT molecular complexity index is 149. The van der Waals surface area contributed by atoms with Crippen LogP contribution in [0.1, 0.15) is 20.3 Å². The van der Waals surface area contributed by atoms with Crippen molar-refractivity contribution in [1.29, 1.82) is 0 Å². The number of halogens is 2. The monoisotopic (exact) mass is 224 g/mol. The molecule has 13 heavy (non-hydrogen) atoms. The molecule has 1 N–H and O–H groups in total. The van der Waals surface area contributed by atoms with E-state index in [2.05, 4.69) is 18.3 Å². The van der Waals surface area contributed by atoms with Crippen molar-refractivity contribution in [2.24, 2.45) is 0 Å². The highest BCUT2D eigenvalue weighted by Crippen LogP contribution is 2.15. The second-order valence-electron chi connectivity index (χ2n) is 2.80. The summed E-state index contributed by atoms with van der Waals surface area (Å²) in [5.41, 5.74) is 0. The first-order chi connectivity index (χ1) is 6.17. The summed E-state index contributed by atoms with van der Waals surface area (Å²) < 4.78 is 0. The maximum atomic E-state index is 5.85. The zero-order valence-corrected chi connectivity index (χ0v) is 9.94. The van der Waals surface area contributed by atoms with Gasteiger partial charge in [0.05, 0.1) is 6.67 Å². The largest absolute Gasteiger partial charge is 0.307 e. The van der Waals surface area contributed by atoms with Crippen LogP contribution in [0, 0.1) is 0 Å². The minimum Gasteiger partial charge on any atom is -0.307 e. The van der Waals surface area contributed by atoms with Crippen molar-refractivity contribution in [2.45, 2.75) is 31.3 Å². The lowest BCUT2D eigenvalue weighted by Crippen LogP contribution is -2.42. The molecule has 2 nitrogen and oxygen atoms in total. The van der Waals surface area contributed by atoms with E-state index in [-0.39, 0.29) is 0 Å². The lowest BCUT2D eigenvalue weighted by molar-refractivity contribution is 0.230. The molecule has 0 aromatic heterocycles. The summed E-state index contributed by atoms with van der Waals surface area (Å²) in [7, 11) is 1.88. The molecule has 0 aromatic rings. The van der Waals surface area contributed by atoms with E-state index >= 15 is 0 Å². The third-order valence-corrected chi connectivity index (χ3v) is 2.35. The number of hydrogen-bond donors (Lipinski definition) is 1. The number of alkyl halides is 2. The fourth-order valence-electron chi connectivity index (χ4n) is 1.22. The van der Waals surface area contributed by atoms with Gasteiger partial charge in [-0.1, -0.05) is 42.3 Å². The molecule has 0 aliphatic rings. The summed E-state index contributed by atoms with van der Waals surface area (Å²) in [6.07, 6.45) is 5.13. The minimum absolute atomic E-state index is 0.303. The van der Waals surface area contributed by atoms with E-state index in [4.69, 9.17) is 23.2 Å². The lowest BCUT2D eigenvalue weighted by Gasteiger charge is -2.29. The van der Waals surface area contributed by atoms with Gasteiger partial charge in [-0.2, -0.15) is 0 Å². The van der Waals surface area contributed by atoms with Crippen molar-refractivity contribution in [2.75, 3.05) is 13.7 Å². The molecule has 0 amide bonds. The Hall–Kier alpha value is 0.240. The average Bonchev–Trinajstić information content (AvgIpc) is 2.10. The molecular weight excluding hydrogens is 207 g/mol. The fraction of sp³-hybridized carbons (Fsp3) is 0.778. The van der Waals surface area contributed by atoms with Crippen LogP contribution in [-0.4, -0.2) is 29.6 Å². The summed E-state index contributed by atoms with van der Waals surface area (Å²) in [5.74, 6) is 0. The molecule has 4 heteroatoms. The van der Waals surface area contributed by atoms with Gasteiger partial charge in [0.2, 0.25) is 0 Å². The molecule has 78 valence electrons. The van der Waals surface area contributed by atoms with Crippen LogP contribution in [0.3, 0.4) is 0 Å². The van der Waals surface area contributed by atoms with Crippen molar-refractivity contribution in [3.8, 4) is 0 Å². The number of nitrogens with zero attached hydrogens (tertiary/aromatic N) is 1. The van der Waals surface area contributed by atoms with Crippen LogP contribution in [0.25, 0.3) is 0 Å². The maximum Gasteiger partial charge on any atom is 0.162 e. The topological polar surface area (TPSA) is 15.3 Å². The van der Waals surface area contributed by atoms with Crippen LogP contribution < -0.4 is 5.32 Å². The molecule has 0 rings (SSSR count). The number of allylic oxidation sites excluding steroid dienone is 1. The molecule has 1 unspecified atom stereocenters. The average molecular weight is 225 g/mol. The van der Waals surface area contributed by atoms with Crippen molar-refractivity contribution >= 4 is 23.2 Å². The van der Waals surface area contributed by atoms with Gasteiger partial charge in [0.15, 0.2) is 4.96 Å². The van der Waals surface area contributed by atoms with Crippen LogP contribution in [0.2, 0.25) is 0 Å². The SMILES string of the molecule is C/C=C\C(CC)N(CNC)C(Cl)Cl. The maximum absolute atomic E-state index is 5.85. The van der Waals surface area contributed by atoms with E-state index in [1.54, 1.807) is 0 Å². The van der Waals surface area contributed by atoms with Crippen molar-refractivity contribution < 1.29 is 0 Å². The second-order valence-corrected chi connectivity index (χ2v) is 3.86. The van der Waals surface area contributed by atoms with E-state index in [0.717, 1.165) is 6.42 Å². The standard InChI is InChI=1S/C9H18Cl2N2/c1-4-6-8(5-2)13(7-12-3)9(10)11/h4,6,8-9,12H,5,7H2,1-3H3/b6-4-. The van der Waals surface area contributed by atoms with E-state index in [1.807, 2.05) is 24.9 Å². The molecule has 0 fully saturated rings. The second kappa shape index (κ2) is 7.63. The van der Waals surface area contributed by atoms with Gasteiger partial charge in [-0.25, -0.2) is 0 Å². The number of nitrogens with one attached hydrogen (secondary N) is 1. The van der Waals surface area contributed by atoms with Crippen LogP contribution >= 0.6 is 23.2 Å². The molecule has 0 aromatic carbocycles. The summed E-state index contributed by atoms with van der Waals surface area (Å²) in [6.45, 7) is 4.81. The van der Waals surface area contributed by atoms with Crippen LogP contribution in [0.5, 0.6) is 0 Å². The van der Waals surface area contributed by atoms with Gasteiger partial charge >= 0.3 is 0 Å².